The second-order valence-corrected chi connectivity index (χ2v) is 7.32. The average Bonchev–Trinajstić information content (AvgIpc) is 2.85. The molecule has 0 unspecified atom stereocenters. The predicted molar refractivity (Wildman–Crippen MR) is 100 cm³/mol. The minimum Gasteiger partial charge on any atom is -0.352 e. The zero-order valence-corrected chi connectivity index (χ0v) is 15.7. The Morgan fingerprint density at radius 1 is 1.00 bits per heavy atom. The van der Waals surface area contributed by atoms with Crippen LogP contribution in [0.4, 0.5) is 0 Å². The van der Waals surface area contributed by atoms with E-state index in [2.05, 4.69) is 29.6 Å². The van der Waals surface area contributed by atoms with E-state index in [0.29, 0.717) is 18.7 Å². The molecule has 0 heterocycles. The van der Waals surface area contributed by atoms with Crippen molar-refractivity contribution in [3.63, 3.8) is 0 Å². The van der Waals surface area contributed by atoms with Gasteiger partial charge in [0, 0.05) is 31.1 Å². The van der Waals surface area contributed by atoms with E-state index < -0.39 is 0 Å². The Balaban J connectivity index is 1.95. The quantitative estimate of drug-likeness (QED) is 0.779. The molecule has 1 fully saturated rings. The van der Waals surface area contributed by atoms with Gasteiger partial charge in [-0.15, -0.1) is 0 Å². The van der Waals surface area contributed by atoms with E-state index in [0.717, 1.165) is 18.4 Å². The molecule has 1 aromatic rings. The molecule has 1 saturated carbocycles. The second-order valence-electron chi connectivity index (χ2n) is 7.32. The first-order valence-electron chi connectivity index (χ1n) is 9.22. The van der Waals surface area contributed by atoms with Gasteiger partial charge in [-0.2, -0.15) is 0 Å². The van der Waals surface area contributed by atoms with Gasteiger partial charge in [-0.05, 0) is 44.6 Å². The summed E-state index contributed by atoms with van der Waals surface area (Å²) in [6, 6.07) is 7.42. The van der Waals surface area contributed by atoms with Crippen LogP contribution < -0.4 is 10.6 Å². The normalized spacial score (nSPS) is 17.0. The standard InChI is InChI=1S/C20H31N3O2/c1-16(24)21-14-17-8-10-18(11-9-17)19(25)22-15-20(23(2)3)12-6-4-5-7-13-20/h8-11H,4-7,12-15H2,1-3H3,(H,21,24)(H,22,25). The van der Waals surface area contributed by atoms with Gasteiger partial charge >= 0.3 is 0 Å². The fourth-order valence-electron chi connectivity index (χ4n) is 3.52. The minimum atomic E-state index is -0.0563. The summed E-state index contributed by atoms with van der Waals surface area (Å²) < 4.78 is 0. The van der Waals surface area contributed by atoms with Gasteiger partial charge in [-0.1, -0.05) is 37.8 Å². The fourth-order valence-corrected chi connectivity index (χ4v) is 3.52. The molecule has 5 nitrogen and oxygen atoms in total. The number of nitrogens with zero attached hydrogens (tertiary/aromatic N) is 1. The summed E-state index contributed by atoms with van der Waals surface area (Å²) in [5, 5.41) is 5.89. The van der Waals surface area contributed by atoms with Gasteiger partial charge < -0.3 is 15.5 Å². The summed E-state index contributed by atoms with van der Waals surface area (Å²) in [5.74, 6) is -0.0873. The summed E-state index contributed by atoms with van der Waals surface area (Å²) in [5.41, 5.74) is 1.71. The van der Waals surface area contributed by atoms with Crippen LogP contribution in [0.1, 0.15) is 61.4 Å². The van der Waals surface area contributed by atoms with Gasteiger partial charge in [-0.25, -0.2) is 0 Å². The highest BCUT2D eigenvalue weighted by Gasteiger charge is 2.33. The Kier molecular flexibility index (Phi) is 7.00. The Labute approximate surface area is 151 Å². The molecule has 0 bridgehead atoms. The fraction of sp³-hybridized carbons (Fsp3) is 0.600. The lowest BCUT2D eigenvalue weighted by atomic mass is 9.88. The van der Waals surface area contributed by atoms with Crippen molar-refractivity contribution in [1.29, 1.82) is 0 Å². The number of carbonyl (C=O) groups is 2. The van der Waals surface area contributed by atoms with Crippen molar-refractivity contribution in [3.8, 4) is 0 Å². The lowest BCUT2D eigenvalue weighted by molar-refractivity contribution is -0.119. The first-order valence-corrected chi connectivity index (χ1v) is 9.22. The van der Waals surface area contributed by atoms with Crippen LogP contribution in [0.15, 0.2) is 24.3 Å². The highest BCUT2D eigenvalue weighted by molar-refractivity contribution is 5.94. The topological polar surface area (TPSA) is 61.4 Å². The number of hydrogen-bond donors (Lipinski definition) is 2. The van der Waals surface area contributed by atoms with Crippen LogP contribution in [0.5, 0.6) is 0 Å². The van der Waals surface area contributed by atoms with Gasteiger partial charge in [0.15, 0.2) is 0 Å². The second kappa shape index (κ2) is 8.99. The van der Waals surface area contributed by atoms with E-state index in [4.69, 9.17) is 0 Å². The van der Waals surface area contributed by atoms with Crippen molar-refractivity contribution in [2.24, 2.45) is 0 Å². The van der Waals surface area contributed by atoms with Gasteiger partial charge in [0.25, 0.3) is 5.91 Å². The van der Waals surface area contributed by atoms with E-state index in [-0.39, 0.29) is 17.4 Å². The molecule has 2 rings (SSSR count). The van der Waals surface area contributed by atoms with Crippen LogP contribution in [-0.2, 0) is 11.3 Å². The Morgan fingerprint density at radius 3 is 2.12 bits per heavy atom. The van der Waals surface area contributed by atoms with Crippen molar-refractivity contribution >= 4 is 11.8 Å². The molecule has 0 aromatic heterocycles. The first-order chi connectivity index (χ1) is 11.9. The van der Waals surface area contributed by atoms with Crippen LogP contribution in [0.25, 0.3) is 0 Å². The van der Waals surface area contributed by atoms with Crippen LogP contribution in [-0.4, -0.2) is 42.9 Å². The van der Waals surface area contributed by atoms with Crippen LogP contribution in [0.3, 0.4) is 0 Å². The predicted octanol–water partition coefficient (Wildman–Crippen LogP) is 2.71. The first kappa shape index (κ1) is 19.4. The maximum Gasteiger partial charge on any atom is 0.251 e. The van der Waals surface area contributed by atoms with Crippen molar-refractivity contribution < 1.29 is 9.59 Å². The van der Waals surface area contributed by atoms with Gasteiger partial charge in [-0.3, -0.25) is 9.59 Å². The summed E-state index contributed by atoms with van der Waals surface area (Å²) in [7, 11) is 4.24. The third-order valence-electron chi connectivity index (χ3n) is 5.32. The molecule has 1 aromatic carbocycles. The molecule has 0 saturated heterocycles. The van der Waals surface area contributed by atoms with Gasteiger partial charge in [0.2, 0.25) is 5.91 Å². The minimum absolute atomic E-state index is 0.0310. The lowest BCUT2D eigenvalue weighted by Crippen LogP contribution is -2.52. The highest BCUT2D eigenvalue weighted by atomic mass is 16.2. The van der Waals surface area contributed by atoms with Crippen molar-refractivity contribution in [1.82, 2.24) is 15.5 Å². The van der Waals surface area contributed by atoms with E-state index >= 15 is 0 Å². The number of benzene rings is 1. The zero-order valence-electron chi connectivity index (χ0n) is 15.7. The summed E-state index contributed by atoms with van der Waals surface area (Å²) >= 11 is 0. The maximum atomic E-state index is 12.5. The van der Waals surface area contributed by atoms with Crippen LogP contribution in [0.2, 0.25) is 0 Å². The van der Waals surface area contributed by atoms with Gasteiger partial charge in [0.05, 0.1) is 0 Å². The Morgan fingerprint density at radius 2 is 1.60 bits per heavy atom. The molecule has 0 radical (unpaired) electrons. The van der Waals surface area contributed by atoms with E-state index in [1.807, 2.05) is 24.3 Å². The molecule has 5 heteroatoms. The number of carbonyl (C=O) groups excluding carboxylic acids is 2. The summed E-state index contributed by atoms with van der Waals surface area (Å²) in [6.07, 6.45) is 7.31. The van der Waals surface area contributed by atoms with Crippen molar-refractivity contribution in [3.05, 3.63) is 35.4 Å². The summed E-state index contributed by atoms with van der Waals surface area (Å²) in [6.45, 7) is 2.67. The number of hydrogen-bond acceptors (Lipinski definition) is 3. The number of likely N-dealkylation sites (N-methyl/N-ethyl adjacent to an activating group) is 1. The van der Waals surface area contributed by atoms with Gasteiger partial charge in [0.1, 0.15) is 0 Å². The summed E-state index contributed by atoms with van der Waals surface area (Å²) in [4.78, 5) is 25.8. The Bertz CT molecular complexity index is 573. The molecular formula is C20H31N3O2. The number of rotatable bonds is 6. The van der Waals surface area contributed by atoms with Crippen LogP contribution >= 0.6 is 0 Å². The monoisotopic (exact) mass is 345 g/mol. The third kappa shape index (κ3) is 5.56. The average molecular weight is 345 g/mol. The molecule has 25 heavy (non-hydrogen) atoms. The number of nitrogens with one attached hydrogen (secondary N) is 2. The zero-order chi connectivity index (χ0) is 18.3. The molecule has 138 valence electrons. The lowest BCUT2D eigenvalue weighted by Gasteiger charge is -2.39. The molecule has 0 spiro atoms. The highest BCUT2D eigenvalue weighted by Crippen LogP contribution is 2.30. The van der Waals surface area contributed by atoms with Crippen LogP contribution in [0, 0.1) is 0 Å². The van der Waals surface area contributed by atoms with E-state index in [9.17, 15) is 9.59 Å². The van der Waals surface area contributed by atoms with E-state index in [1.165, 1.54) is 32.6 Å². The molecule has 2 amide bonds. The Hall–Kier alpha value is -1.88. The van der Waals surface area contributed by atoms with E-state index in [1.54, 1.807) is 0 Å². The van der Waals surface area contributed by atoms with Crippen molar-refractivity contribution in [2.75, 3.05) is 20.6 Å². The smallest absolute Gasteiger partial charge is 0.251 e. The number of amides is 2. The maximum absolute atomic E-state index is 12.5. The molecular weight excluding hydrogens is 314 g/mol. The SMILES string of the molecule is CC(=O)NCc1ccc(C(=O)NCC2(N(C)C)CCCCCC2)cc1. The molecule has 0 atom stereocenters. The van der Waals surface area contributed by atoms with Crippen molar-refractivity contribution in [2.45, 2.75) is 57.5 Å². The molecule has 1 aliphatic rings. The third-order valence-corrected chi connectivity index (χ3v) is 5.32. The largest absolute Gasteiger partial charge is 0.352 e. The molecule has 1 aliphatic carbocycles. The molecule has 0 aliphatic heterocycles. The molecule has 2 N–H and O–H groups in total.